The van der Waals surface area contributed by atoms with E-state index in [2.05, 4.69) is 6.92 Å². The maximum atomic E-state index is 8.70. The van der Waals surface area contributed by atoms with E-state index in [0.717, 1.165) is 6.42 Å². The summed E-state index contributed by atoms with van der Waals surface area (Å²) in [7, 11) is 0. The van der Waals surface area contributed by atoms with Gasteiger partial charge in [-0.2, -0.15) is 0 Å². The van der Waals surface area contributed by atoms with Gasteiger partial charge in [-0.1, -0.05) is 90.4 Å². The van der Waals surface area contributed by atoms with Crippen molar-refractivity contribution in [3.8, 4) is 0 Å². The fraction of sp³-hybridized carbons (Fsp3) is 1.00. The largest absolute Gasteiger partial charge is 0.396 e. The summed E-state index contributed by atoms with van der Waals surface area (Å²) in [5.74, 6) is 0. The van der Waals surface area contributed by atoms with E-state index in [9.17, 15) is 0 Å². The minimum absolute atomic E-state index is 0.368. The molecule has 0 bridgehead atoms. The zero-order chi connectivity index (χ0) is 15.9. The van der Waals surface area contributed by atoms with Gasteiger partial charge in [-0.05, 0) is 19.3 Å². The van der Waals surface area contributed by atoms with E-state index < -0.39 is 0 Å². The number of ether oxygens (including phenoxy) is 1. The van der Waals surface area contributed by atoms with E-state index in [-0.39, 0.29) is 0 Å². The number of epoxide rings is 1. The Morgan fingerprint density at radius 1 is 0.591 bits per heavy atom. The van der Waals surface area contributed by atoms with Crippen molar-refractivity contribution in [1.29, 1.82) is 0 Å². The summed E-state index contributed by atoms with van der Waals surface area (Å²) >= 11 is 0. The molecular formula is C20H40O2. The molecule has 1 rings (SSSR count). The molecule has 0 spiro atoms. The Labute approximate surface area is 139 Å². The van der Waals surface area contributed by atoms with Crippen molar-refractivity contribution in [1.82, 2.24) is 0 Å². The molecule has 0 saturated carbocycles. The van der Waals surface area contributed by atoms with Crippen molar-refractivity contribution >= 4 is 0 Å². The second-order valence-corrected chi connectivity index (χ2v) is 7.11. The Hall–Kier alpha value is -0.0800. The maximum Gasteiger partial charge on any atom is 0.0841 e. The Morgan fingerprint density at radius 3 is 1.45 bits per heavy atom. The predicted molar refractivity (Wildman–Crippen MR) is 95.3 cm³/mol. The molecule has 0 aromatic rings. The first-order valence-electron chi connectivity index (χ1n) is 10.1. The van der Waals surface area contributed by atoms with Gasteiger partial charge in [0.25, 0.3) is 0 Å². The van der Waals surface area contributed by atoms with Crippen LogP contribution in [0.3, 0.4) is 0 Å². The zero-order valence-corrected chi connectivity index (χ0v) is 15.0. The maximum absolute atomic E-state index is 8.70. The summed E-state index contributed by atoms with van der Waals surface area (Å²) in [5.41, 5.74) is 0. The van der Waals surface area contributed by atoms with Crippen LogP contribution in [0, 0.1) is 0 Å². The van der Waals surface area contributed by atoms with Crippen LogP contribution >= 0.6 is 0 Å². The lowest BCUT2D eigenvalue weighted by atomic mass is 10.0. The fourth-order valence-electron chi connectivity index (χ4n) is 3.37. The van der Waals surface area contributed by atoms with E-state index in [1.807, 2.05) is 0 Å². The molecule has 1 saturated heterocycles. The first-order valence-corrected chi connectivity index (χ1v) is 10.1. The fourth-order valence-corrected chi connectivity index (χ4v) is 3.37. The SMILES string of the molecule is CCCC1OC1CCCCCCCCCCCCCCCO. The van der Waals surface area contributed by atoms with Crippen LogP contribution in [0.2, 0.25) is 0 Å². The minimum Gasteiger partial charge on any atom is -0.396 e. The summed E-state index contributed by atoms with van der Waals surface area (Å²) in [4.78, 5) is 0. The van der Waals surface area contributed by atoms with Crippen LogP contribution in [0.4, 0.5) is 0 Å². The Balaban J connectivity index is 1.65. The van der Waals surface area contributed by atoms with Gasteiger partial charge < -0.3 is 9.84 Å². The lowest BCUT2D eigenvalue weighted by Crippen LogP contribution is -1.93. The molecule has 1 fully saturated rings. The highest BCUT2D eigenvalue weighted by molar-refractivity contribution is 4.83. The molecule has 2 nitrogen and oxygen atoms in total. The number of hydrogen-bond donors (Lipinski definition) is 1. The van der Waals surface area contributed by atoms with Gasteiger partial charge in [0.2, 0.25) is 0 Å². The quantitative estimate of drug-likeness (QED) is 0.263. The first-order chi connectivity index (χ1) is 10.9. The molecule has 1 aliphatic rings. The van der Waals surface area contributed by atoms with Crippen LogP contribution in [0.25, 0.3) is 0 Å². The normalized spacial score (nSPS) is 20.5. The topological polar surface area (TPSA) is 32.8 Å². The van der Waals surface area contributed by atoms with Crippen molar-refractivity contribution in [2.75, 3.05) is 6.61 Å². The predicted octanol–water partition coefficient (Wildman–Crippen LogP) is 6.01. The Bertz CT molecular complexity index is 230. The third-order valence-corrected chi connectivity index (χ3v) is 4.91. The van der Waals surface area contributed by atoms with Crippen LogP contribution in [0.15, 0.2) is 0 Å². The second-order valence-electron chi connectivity index (χ2n) is 7.11. The number of rotatable bonds is 17. The average Bonchev–Trinajstić information content (AvgIpc) is 3.26. The molecule has 0 aliphatic carbocycles. The molecule has 0 radical (unpaired) electrons. The summed E-state index contributed by atoms with van der Waals surface area (Å²) < 4.78 is 5.66. The molecule has 22 heavy (non-hydrogen) atoms. The first kappa shape index (κ1) is 20.0. The van der Waals surface area contributed by atoms with Crippen molar-refractivity contribution in [3.05, 3.63) is 0 Å². The van der Waals surface area contributed by atoms with Crippen molar-refractivity contribution < 1.29 is 9.84 Å². The second kappa shape index (κ2) is 14.5. The van der Waals surface area contributed by atoms with E-state index in [4.69, 9.17) is 9.84 Å². The molecule has 2 atom stereocenters. The van der Waals surface area contributed by atoms with Gasteiger partial charge in [-0.15, -0.1) is 0 Å². The lowest BCUT2D eigenvalue weighted by molar-refractivity contribution is 0.282. The number of hydrogen-bond acceptors (Lipinski definition) is 2. The molecule has 1 N–H and O–H groups in total. The highest BCUT2D eigenvalue weighted by Crippen LogP contribution is 2.30. The van der Waals surface area contributed by atoms with Gasteiger partial charge in [0.1, 0.15) is 0 Å². The highest BCUT2D eigenvalue weighted by atomic mass is 16.6. The van der Waals surface area contributed by atoms with Crippen LogP contribution in [0.5, 0.6) is 0 Å². The molecule has 2 unspecified atom stereocenters. The van der Waals surface area contributed by atoms with Crippen LogP contribution in [-0.2, 0) is 4.74 Å². The summed E-state index contributed by atoms with van der Waals surface area (Å²) in [5, 5.41) is 8.70. The van der Waals surface area contributed by atoms with Gasteiger partial charge in [-0.25, -0.2) is 0 Å². The van der Waals surface area contributed by atoms with E-state index in [0.29, 0.717) is 18.8 Å². The van der Waals surface area contributed by atoms with Crippen molar-refractivity contribution in [3.63, 3.8) is 0 Å². The minimum atomic E-state index is 0.368. The molecule has 1 aliphatic heterocycles. The molecular weight excluding hydrogens is 272 g/mol. The third-order valence-electron chi connectivity index (χ3n) is 4.91. The van der Waals surface area contributed by atoms with Crippen LogP contribution < -0.4 is 0 Å². The molecule has 132 valence electrons. The molecule has 2 heteroatoms. The van der Waals surface area contributed by atoms with Crippen molar-refractivity contribution in [2.45, 2.75) is 122 Å². The van der Waals surface area contributed by atoms with E-state index >= 15 is 0 Å². The molecule has 0 amide bonds. The van der Waals surface area contributed by atoms with E-state index in [1.54, 1.807) is 0 Å². The van der Waals surface area contributed by atoms with Gasteiger partial charge in [0.15, 0.2) is 0 Å². The van der Waals surface area contributed by atoms with Gasteiger partial charge >= 0.3 is 0 Å². The van der Waals surface area contributed by atoms with Crippen molar-refractivity contribution in [2.24, 2.45) is 0 Å². The number of aliphatic hydroxyl groups excluding tert-OH is 1. The number of unbranched alkanes of at least 4 members (excludes halogenated alkanes) is 12. The summed E-state index contributed by atoms with van der Waals surface area (Å²) in [6.45, 7) is 2.61. The highest BCUT2D eigenvalue weighted by Gasteiger charge is 2.36. The third kappa shape index (κ3) is 11.5. The summed E-state index contributed by atoms with van der Waals surface area (Å²) in [6.07, 6.45) is 22.7. The molecule has 1 heterocycles. The average molecular weight is 313 g/mol. The monoisotopic (exact) mass is 312 g/mol. The Morgan fingerprint density at radius 2 is 1.00 bits per heavy atom. The van der Waals surface area contributed by atoms with Crippen LogP contribution in [0.1, 0.15) is 110 Å². The van der Waals surface area contributed by atoms with Gasteiger partial charge in [0, 0.05) is 6.61 Å². The molecule has 0 aromatic carbocycles. The number of aliphatic hydroxyl groups is 1. The molecule has 0 aromatic heterocycles. The smallest absolute Gasteiger partial charge is 0.0841 e. The standard InChI is InChI=1S/C20H40O2/c1-2-16-19-20(22-19)17-14-12-10-8-6-4-3-5-7-9-11-13-15-18-21/h19-21H,2-18H2,1H3. The van der Waals surface area contributed by atoms with Gasteiger partial charge in [0.05, 0.1) is 12.2 Å². The zero-order valence-electron chi connectivity index (χ0n) is 15.0. The lowest BCUT2D eigenvalue weighted by Gasteiger charge is -2.03. The summed E-state index contributed by atoms with van der Waals surface area (Å²) in [6, 6.07) is 0. The van der Waals surface area contributed by atoms with Gasteiger partial charge in [-0.3, -0.25) is 0 Å². The van der Waals surface area contributed by atoms with E-state index in [1.165, 1.54) is 96.3 Å². The Kier molecular flexibility index (Phi) is 13.2. The van der Waals surface area contributed by atoms with Crippen LogP contribution in [-0.4, -0.2) is 23.9 Å².